The molecule has 1 heterocycles. The molecule has 1 atom stereocenters. The lowest BCUT2D eigenvalue weighted by atomic mass is 10.0. The smallest absolute Gasteiger partial charge is 0.0872 e. The number of rotatable bonds is 0. The molecule has 0 aliphatic carbocycles. The van der Waals surface area contributed by atoms with Gasteiger partial charge in [-0.15, -0.1) is 18.8 Å². The van der Waals surface area contributed by atoms with Gasteiger partial charge < -0.3 is 5.73 Å². The summed E-state index contributed by atoms with van der Waals surface area (Å²) in [5.74, 6) is 4.66. The summed E-state index contributed by atoms with van der Waals surface area (Å²) in [7, 11) is 0. The average molecular weight is 164 g/mol. The molecular weight excluding hydrogens is 154 g/mol. The first kappa shape index (κ1) is 9.16. The molecule has 9 heavy (non-hydrogen) atoms. The molecule has 3 heteroatoms. The Morgan fingerprint density at radius 3 is 2.56 bits per heavy atom. The molecule has 0 bridgehead atoms. The Bertz CT molecular complexity index is 124. The molecule has 0 radical (unpaired) electrons. The summed E-state index contributed by atoms with van der Waals surface area (Å²) in [5.41, 5.74) is 5.43. The molecule has 1 nitrogen and oxygen atoms in total. The lowest BCUT2D eigenvalue weighted by Gasteiger charge is -2.12. The Labute approximate surface area is 66.2 Å². The van der Waals surface area contributed by atoms with Gasteiger partial charge in [0.2, 0.25) is 0 Å². The molecule has 1 aliphatic heterocycles. The normalized spacial score (nSPS) is 32.9. The fraction of sp³-hybridized carbons (Fsp3) is 0.667. The summed E-state index contributed by atoms with van der Waals surface area (Å²) in [6, 6.07) is 0. The highest BCUT2D eigenvalue weighted by atomic mass is 35.5. The van der Waals surface area contributed by atoms with Crippen molar-refractivity contribution in [1.82, 2.24) is 0 Å². The van der Waals surface area contributed by atoms with E-state index < -0.39 is 0 Å². The number of nitrogens with two attached hydrogens (primary N) is 1. The summed E-state index contributed by atoms with van der Waals surface area (Å²) in [5, 5.41) is 0. The van der Waals surface area contributed by atoms with E-state index in [9.17, 15) is 0 Å². The van der Waals surface area contributed by atoms with Gasteiger partial charge in [0, 0.05) is 5.75 Å². The van der Waals surface area contributed by atoms with Gasteiger partial charge >= 0.3 is 0 Å². The molecule has 0 aromatic heterocycles. The molecule has 1 aliphatic rings. The summed E-state index contributed by atoms with van der Waals surface area (Å²) in [6.07, 6.45) is 6.16. The highest BCUT2D eigenvalue weighted by molar-refractivity contribution is 7.99. The predicted molar refractivity (Wildman–Crippen MR) is 44.9 cm³/mol. The standard InChI is InChI=1S/C6H9NS.ClH/c1-2-6(7)3-4-8-5-6;/h1H,3-5,7H2;1H. The molecule has 1 rings (SSSR count). The summed E-state index contributed by atoms with van der Waals surface area (Å²) in [6.45, 7) is 0. The van der Waals surface area contributed by atoms with Crippen LogP contribution in [0.5, 0.6) is 0 Å². The van der Waals surface area contributed by atoms with Gasteiger partial charge in [-0.2, -0.15) is 11.8 Å². The van der Waals surface area contributed by atoms with Crippen molar-refractivity contribution in [2.45, 2.75) is 12.0 Å². The van der Waals surface area contributed by atoms with E-state index in [0.29, 0.717) is 0 Å². The third-order valence-electron chi connectivity index (χ3n) is 1.34. The van der Waals surface area contributed by atoms with Crippen LogP contribution in [0.15, 0.2) is 0 Å². The summed E-state index contributed by atoms with van der Waals surface area (Å²) in [4.78, 5) is 0. The van der Waals surface area contributed by atoms with E-state index in [2.05, 4.69) is 5.92 Å². The van der Waals surface area contributed by atoms with Crippen LogP contribution in [-0.2, 0) is 0 Å². The highest BCUT2D eigenvalue weighted by Crippen LogP contribution is 2.24. The largest absolute Gasteiger partial charge is 0.314 e. The van der Waals surface area contributed by atoms with Gasteiger partial charge in [-0.1, -0.05) is 5.92 Å². The second-order valence-electron chi connectivity index (χ2n) is 2.10. The molecule has 2 N–H and O–H groups in total. The summed E-state index contributed by atoms with van der Waals surface area (Å²) < 4.78 is 0. The van der Waals surface area contributed by atoms with Crippen molar-refractivity contribution in [3.63, 3.8) is 0 Å². The van der Waals surface area contributed by atoms with Crippen LogP contribution in [0.4, 0.5) is 0 Å². The van der Waals surface area contributed by atoms with Crippen LogP contribution in [-0.4, -0.2) is 17.0 Å². The van der Waals surface area contributed by atoms with Gasteiger partial charge in [0.05, 0.1) is 5.54 Å². The van der Waals surface area contributed by atoms with Crippen LogP contribution in [0.25, 0.3) is 0 Å². The van der Waals surface area contributed by atoms with E-state index >= 15 is 0 Å². The Hall–Kier alpha value is 0.160. The van der Waals surface area contributed by atoms with E-state index in [1.54, 1.807) is 0 Å². The molecule has 0 aromatic carbocycles. The Balaban J connectivity index is 0.000000640. The molecule has 52 valence electrons. The minimum Gasteiger partial charge on any atom is -0.314 e. The maximum atomic E-state index is 5.70. The fourth-order valence-corrected chi connectivity index (χ4v) is 1.94. The quantitative estimate of drug-likeness (QED) is 0.537. The van der Waals surface area contributed by atoms with Gasteiger partial charge in [0.15, 0.2) is 0 Å². The minimum absolute atomic E-state index is 0. The first-order chi connectivity index (χ1) is 3.77. The van der Waals surface area contributed by atoms with Crippen molar-refractivity contribution in [3.05, 3.63) is 0 Å². The maximum absolute atomic E-state index is 5.70. The number of halogens is 1. The van der Waals surface area contributed by atoms with Crippen LogP contribution in [0.2, 0.25) is 0 Å². The van der Waals surface area contributed by atoms with Gasteiger partial charge in [-0.3, -0.25) is 0 Å². The van der Waals surface area contributed by atoms with Crippen LogP contribution >= 0.6 is 24.2 Å². The second-order valence-corrected chi connectivity index (χ2v) is 3.21. The highest BCUT2D eigenvalue weighted by Gasteiger charge is 2.26. The number of hydrogen-bond donors (Lipinski definition) is 1. The SMILES string of the molecule is C#CC1(N)CCSC1.Cl. The minimum atomic E-state index is -0.273. The maximum Gasteiger partial charge on any atom is 0.0872 e. The zero-order valence-corrected chi connectivity index (χ0v) is 6.73. The Morgan fingerprint density at radius 2 is 2.33 bits per heavy atom. The monoisotopic (exact) mass is 163 g/mol. The van der Waals surface area contributed by atoms with Crippen molar-refractivity contribution < 1.29 is 0 Å². The van der Waals surface area contributed by atoms with E-state index in [1.165, 1.54) is 0 Å². The van der Waals surface area contributed by atoms with Crippen molar-refractivity contribution in [2.24, 2.45) is 5.73 Å². The van der Waals surface area contributed by atoms with Crippen molar-refractivity contribution in [1.29, 1.82) is 0 Å². The Morgan fingerprint density at radius 1 is 1.67 bits per heavy atom. The van der Waals surface area contributed by atoms with Gasteiger partial charge in [0.25, 0.3) is 0 Å². The third-order valence-corrected chi connectivity index (χ3v) is 2.55. The average Bonchev–Trinajstić information content (AvgIpc) is 2.17. The van der Waals surface area contributed by atoms with E-state index in [4.69, 9.17) is 12.2 Å². The molecule has 0 aromatic rings. The fourth-order valence-electron chi connectivity index (χ4n) is 0.695. The lowest BCUT2D eigenvalue weighted by Crippen LogP contribution is -2.37. The molecule has 1 fully saturated rings. The predicted octanol–water partition coefficient (Wildman–Crippen LogP) is 0.876. The van der Waals surface area contributed by atoms with Crippen LogP contribution in [0.3, 0.4) is 0 Å². The molecular formula is C6H10ClNS. The zero-order chi connectivity index (χ0) is 6.04. The Kier molecular flexibility index (Phi) is 3.42. The molecule has 1 saturated heterocycles. The van der Waals surface area contributed by atoms with Gasteiger partial charge in [-0.05, 0) is 12.2 Å². The topological polar surface area (TPSA) is 26.0 Å². The van der Waals surface area contributed by atoms with Crippen molar-refractivity contribution in [2.75, 3.05) is 11.5 Å². The van der Waals surface area contributed by atoms with Crippen molar-refractivity contribution in [3.8, 4) is 12.3 Å². The molecule has 0 saturated carbocycles. The van der Waals surface area contributed by atoms with Gasteiger partial charge in [-0.25, -0.2) is 0 Å². The van der Waals surface area contributed by atoms with Crippen LogP contribution in [0.1, 0.15) is 6.42 Å². The first-order valence-corrected chi connectivity index (χ1v) is 3.77. The van der Waals surface area contributed by atoms with Crippen molar-refractivity contribution >= 4 is 24.2 Å². The first-order valence-electron chi connectivity index (χ1n) is 2.61. The van der Waals surface area contributed by atoms with Gasteiger partial charge in [0.1, 0.15) is 0 Å². The van der Waals surface area contributed by atoms with Crippen LogP contribution < -0.4 is 5.73 Å². The van der Waals surface area contributed by atoms with E-state index in [-0.39, 0.29) is 17.9 Å². The second kappa shape index (κ2) is 3.36. The molecule has 1 unspecified atom stereocenters. The van der Waals surface area contributed by atoms with E-state index in [0.717, 1.165) is 17.9 Å². The van der Waals surface area contributed by atoms with Crippen LogP contribution in [0, 0.1) is 12.3 Å². The van der Waals surface area contributed by atoms with E-state index in [1.807, 2.05) is 11.8 Å². The molecule has 0 amide bonds. The lowest BCUT2D eigenvalue weighted by molar-refractivity contribution is 0.624. The summed E-state index contributed by atoms with van der Waals surface area (Å²) >= 11 is 1.84. The number of terminal acetylenes is 1. The molecule has 0 spiro atoms. The zero-order valence-electron chi connectivity index (χ0n) is 5.09. The third kappa shape index (κ3) is 2.09. The number of hydrogen-bond acceptors (Lipinski definition) is 2. The number of thioether (sulfide) groups is 1.